The first-order chi connectivity index (χ1) is 12.7. The lowest BCUT2D eigenvalue weighted by Gasteiger charge is -2.62. The maximum absolute atomic E-state index is 11.3. The summed E-state index contributed by atoms with van der Waals surface area (Å²) >= 11 is 0. The van der Waals surface area contributed by atoms with Crippen LogP contribution in [0.5, 0.6) is 0 Å². The fraction of sp³-hybridized carbons (Fsp3) is 0.957. The minimum absolute atomic E-state index is 0.175. The molecule has 0 saturated heterocycles. The molecule has 10 atom stereocenters. The Labute approximate surface area is 163 Å². The van der Waals surface area contributed by atoms with E-state index in [2.05, 4.69) is 20.8 Å². The Kier molecular flexibility index (Phi) is 4.91. The minimum atomic E-state index is -0.683. The van der Waals surface area contributed by atoms with Gasteiger partial charge in [0, 0.05) is 6.42 Å². The van der Waals surface area contributed by atoms with Gasteiger partial charge in [0.15, 0.2) is 0 Å². The van der Waals surface area contributed by atoms with Gasteiger partial charge in [0.2, 0.25) is 0 Å². The van der Waals surface area contributed by atoms with E-state index in [4.69, 9.17) is 0 Å². The van der Waals surface area contributed by atoms with Gasteiger partial charge >= 0.3 is 5.97 Å². The summed E-state index contributed by atoms with van der Waals surface area (Å²) in [5, 5.41) is 30.7. The molecule has 0 aromatic heterocycles. The highest BCUT2D eigenvalue weighted by Gasteiger charge is 2.62. The highest BCUT2D eigenvalue weighted by molar-refractivity contribution is 5.67. The summed E-state index contributed by atoms with van der Waals surface area (Å²) in [6, 6.07) is 0. The normalized spacial score (nSPS) is 53.1. The van der Waals surface area contributed by atoms with Crippen LogP contribution < -0.4 is 0 Å². The quantitative estimate of drug-likeness (QED) is 0.691. The van der Waals surface area contributed by atoms with Crippen molar-refractivity contribution in [3.63, 3.8) is 0 Å². The number of carbonyl (C=O) groups is 1. The van der Waals surface area contributed by atoms with E-state index in [1.165, 1.54) is 6.42 Å². The minimum Gasteiger partial charge on any atom is -0.481 e. The molecule has 0 amide bonds. The Morgan fingerprint density at radius 2 is 1.67 bits per heavy atom. The SMILES string of the molecule is C[C@H](CC(=O)O)[C@H]1CC[C@H]2[C@@H]3[C@H](O)CC4C[C@H](O)CC[C@]4(C)[C@H]3CC[C@]12C. The summed E-state index contributed by atoms with van der Waals surface area (Å²) in [6.07, 6.45) is 8.12. The number of aliphatic carboxylic acids is 1. The molecule has 0 aliphatic heterocycles. The second-order valence-corrected chi connectivity index (χ2v) is 11.0. The van der Waals surface area contributed by atoms with Crippen molar-refractivity contribution in [2.45, 2.75) is 90.8 Å². The summed E-state index contributed by atoms with van der Waals surface area (Å²) in [4.78, 5) is 11.3. The Bertz CT molecular complexity index is 591. The Hall–Kier alpha value is -0.610. The maximum atomic E-state index is 11.3. The molecule has 154 valence electrons. The Balaban J connectivity index is 1.60. The number of aliphatic hydroxyl groups is 2. The predicted molar refractivity (Wildman–Crippen MR) is 104 cm³/mol. The lowest BCUT2D eigenvalue weighted by atomic mass is 9.43. The number of rotatable bonds is 3. The molecule has 0 heterocycles. The number of aliphatic hydroxyl groups excluding tert-OH is 2. The van der Waals surface area contributed by atoms with Crippen molar-refractivity contribution in [3.8, 4) is 0 Å². The fourth-order valence-electron chi connectivity index (χ4n) is 8.59. The molecule has 0 aromatic carbocycles. The van der Waals surface area contributed by atoms with Crippen molar-refractivity contribution in [1.82, 2.24) is 0 Å². The molecule has 0 spiro atoms. The van der Waals surface area contributed by atoms with Gasteiger partial charge in [-0.15, -0.1) is 0 Å². The smallest absolute Gasteiger partial charge is 0.303 e. The first kappa shape index (κ1) is 19.7. The van der Waals surface area contributed by atoms with Gasteiger partial charge in [-0.2, -0.15) is 0 Å². The van der Waals surface area contributed by atoms with Crippen molar-refractivity contribution in [3.05, 3.63) is 0 Å². The largest absolute Gasteiger partial charge is 0.481 e. The zero-order chi connectivity index (χ0) is 19.6. The highest BCUT2D eigenvalue weighted by Crippen LogP contribution is 2.68. The molecule has 4 aliphatic carbocycles. The van der Waals surface area contributed by atoms with Gasteiger partial charge < -0.3 is 15.3 Å². The lowest BCUT2D eigenvalue weighted by Crippen LogP contribution is -2.58. The Morgan fingerprint density at radius 3 is 2.37 bits per heavy atom. The molecule has 4 aliphatic rings. The summed E-state index contributed by atoms with van der Waals surface area (Å²) in [7, 11) is 0. The summed E-state index contributed by atoms with van der Waals surface area (Å²) in [5.41, 5.74) is 0.434. The van der Waals surface area contributed by atoms with Gasteiger partial charge in [-0.3, -0.25) is 4.79 Å². The van der Waals surface area contributed by atoms with Crippen LogP contribution in [0, 0.1) is 46.3 Å². The molecule has 0 aromatic rings. The molecule has 1 unspecified atom stereocenters. The van der Waals surface area contributed by atoms with E-state index in [0.29, 0.717) is 29.6 Å². The molecule has 4 rings (SSSR count). The number of fused-ring (bicyclic) bond motifs is 5. The number of hydrogen-bond acceptors (Lipinski definition) is 3. The van der Waals surface area contributed by atoms with Crippen LogP contribution in [0.3, 0.4) is 0 Å². The topological polar surface area (TPSA) is 77.8 Å². The monoisotopic (exact) mass is 378 g/mol. The standard InChI is InChI=1S/C23H38O4/c1-13(10-20(26)27)16-4-5-17-21-18(7-9-23(16,17)3)22(2)8-6-15(24)11-14(22)12-19(21)25/h13-19,21,24-25H,4-12H2,1-3H3,(H,26,27)/t13-,14?,15-,16-,17+,18+,19-,21+,22+,23-/m1/s1. The van der Waals surface area contributed by atoms with Crippen LogP contribution in [0.15, 0.2) is 0 Å². The van der Waals surface area contributed by atoms with E-state index >= 15 is 0 Å². The van der Waals surface area contributed by atoms with Crippen molar-refractivity contribution in [1.29, 1.82) is 0 Å². The number of hydrogen-bond donors (Lipinski definition) is 3. The molecule has 3 N–H and O–H groups in total. The average Bonchev–Trinajstić information content (AvgIpc) is 2.93. The van der Waals surface area contributed by atoms with Crippen molar-refractivity contribution >= 4 is 5.97 Å². The molecule has 0 bridgehead atoms. The third kappa shape index (κ3) is 2.97. The lowest BCUT2D eigenvalue weighted by molar-refractivity contribution is -0.174. The van der Waals surface area contributed by atoms with Gasteiger partial charge in [-0.1, -0.05) is 20.8 Å². The molecule has 4 saturated carbocycles. The fourth-order valence-corrected chi connectivity index (χ4v) is 8.59. The molecule has 4 heteroatoms. The third-order valence-electron chi connectivity index (χ3n) is 9.91. The van der Waals surface area contributed by atoms with Crippen LogP contribution in [-0.2, 0) is 4.79 Å². The molecule has 4 fully saturated rings. The molecule has 4 nitrogen and oxygen atoms in total. The average molecular weight is 379 g/mol. The third-order valence-corrected chi connectivity index (χ3v) is 9.91. The second kappa shape index (κ2) is 6.73. The first-order valence-electron chi connectivity index (χ1n) is 11.2. The summed E-state index contributed by atoms with van der Waals surface area (Å²) < 4.78 is 0. The van der Waals surface area contributed by atoms with Crippen LogP contribution in [0.1, 0.15) is 78.6 Å². The van der Waals surface area contributed by atoms with Gasteiger partial charge in [-0.25, -0.2) is 0 Å². The van der Waals surface area contributed by atoms with Crippen LogP contribution in [0.4, 0.5) is 0 Å². The first-order valence-corrected chi connectivity index (χ1v) is 11.2. The van der Waals surface area contributed by atoms with Crippen LogP contribution in [-0.4, -0.2) is 33.5 Å². The molecule has 0 radical (unpaired) electrons. The maximum Gasteiger partial charge on any atom is 0.303 e. The van der Waals surface area contributed by atoms with Crippen molar-refractivity contribution < 1.29 is 20.1 Å². The van der Waals surface area contributed by atoms with Crippen LogP contribution >= 0.6 is 0 Å². The highest BCUT2D eigenvalue weighted by atomic mass is 16.4. The van der Waals surface area contributed by atoms with E-state index in [1.54, 1.807) is 0 Å². The van der Waals surface area contributed by atoms with Gasteiger partial charge in [0.05, 0.1) is 12.2 Å². The van der Waals surface area contributed by atoms with Gasteiger partial charge in [0.1, 0.15) is 0 Å². The van der Waals surface area contributed by atoms with E-state index in [0.717, 1.165) is 44.9 Å². The van der Waals surface area contributed by atoms with Gasteiger partial charge in [-0.05, 0) is 97.7 Å². The zero-order valence-electron chi connectivity index (χ0n) is 17.2. The van der Waals surface area contributed by atoms with Crippen LogP contribution in [0.2, 0.25) is 0 Å². The zero-order valence-corrected chi connectivity index (χ0v) is 17.2. The molecular formula is C23H38O4. The molecular weight excluding hydrogens is 340 g/mol. The van der Waals surface area contributed by atoms with Crippen molar-refractivity contribution in [2.75, 3.05) is 0 Å². The van der Waals surface area contributed by atoms with E-state index in [-0.39, 0.29) is 35.4 Å². The summed E-state index contributed by atoms with van der Waals surface area (Å²) in [6.45, 7) is 6.96. The second-order valence-electron chi connectivity index (χ2n) is 11.0. The van der Waals surface area contributed by atoms with Crippen LogP contribution in [0.25, 0.3) is 0 Å². The number of carboxylic acids is 1. The van der Waals surface area contributed by atoms with E-state index < -0.39 is 5.97 Å². The predicted octanol–water partition coefficient (Wildman–Crippen LogP) is 4.09. The number of carboxylic acid groups (broad SMARTS) is 1. The van der Waals surface area contributed by atoms with Crippen molar-refractivity contribution in [2.24, 2.45) is 46.3 Å². The Morgan fingerprint density at radius 1 is 1.00 bits per heavy atom. The summed E-state index contributed by atoms with van der Waals surface area (Å²) in [5.74, 6) is 1.89. The van der Waals surface area contributed by atoms with E-state index in [9.17, 15) is 20.1 Å². The molecule has 27 heavy (non-hydrogen) atoms. The van der Waals surface area contributed by atoms with E-state index in [1.807, 2.05) is 0 Å². The van der Waals surface area contributed by atoms with Gasteiger partial charge in [0.25, 0.3) is 0 Å².